The maximum absolute atomic E-state index is 5.76. The molecule has 2 aliphatic heterocycles. The van der Waals surface area contributed by atoms with Crippen LogP contribution in [0, 0.1) is 0 Å². The smallest absolute Gasteiger partial charge is 0.229 e. The van der Waals surface area contributed by atoms with E-state index < -0.39 is 0 Å². The van der Waals surface area contributed by atoms with Gasteiger partial charge in [0, 0.05) is 36.8 Å². The van der Waals surface area contributed by atoms with Crippen LogP contribution in [0.4, 0.5) is 11.8 Å². The standard InChI is InChI=1S/C33H46N6O3/c1-23-21-41-17-15-38(23)32-28-12-13-29(35-31(28)36-33(37-32)39-16-18-42-22-24(39)2)25-11-14-30(40-3)26(19-25)20-34-27-9-7-5-4-6-8-10-27/h11-14,19,23-24,27,34H,4-10,15-18,20-22H2,1-3H3/t23-,24-/m0/s1. The van der Waals surface area contributed by atoms with Crippen LogP contribution in [0.3, 0.4) is 0 Å². The average molecular weight is 575 g/mol. The Labute approximate surface area is 250 Å². The van der Waals surface area contributed by atoms with Crippen molar-refractivity contribution in [3.05, 3.63) is 35.9 Å². The van der Waals surface area contributed by atoms with Gasteiger partial charge in [-0.2, -0.15) is 9.97 Å². The molecule has 1 saturated carbocycles. The quantitative estimate of drug-likeness (QED) is 0.401. The predicted molar refractivity (Wildman–Crippen MR) is 168 cm³/mol. The van der Waals surface area contributed by atoms with E-state index in [1.54, 1.807) is 7.11 Å². The number of aromatic nitrogens is 3. The minimum atomic E-state index is 0.198. The van der Waals surface area contributed by atoms with Gasteiger partial charge >= 0.3 is 0 Å². The number of nitrogens with zero attached hydrogens (tertiary/aromatic N) is 5. The Morgan fingerprint density at radius 1 is 0.857 bits per heavy atom. The number of fused-ring (bicyclic) bond motifs is 1. The summed E-state index contributed by atoms with van der Waals surface area (Å²) < 4.78 is 17.2. The topological polar surface area (TPSA) is 84.9 Å². The molecule has 42 heavy (non-hydrogen) atoms. The van der Waals surface area contributed by atoms with Gasteiger partial charge in [0.25, 0.3) is 0 Å². The largest absolute Gasteiger partial charge is 0.496 e. The first-order chi connectivity index (χ1) is 20.6. The summed E-state index contributed by atoms with van der Waals surface area (Å²) >= 11 is 0. The van der Waals surface area contributed by atoms with Crippen molar-refractivity contribution >= 4 is 22.8 Å². The molecule has 3 aromatic rings. The first-order valence-corrected chi connectivity index (χ1v) is 15.9. The van der Waals surface area contributed by atoms with Gasteiger partial charge in [-0.25, -0.2) is 4.98 Å². The Hall–Kier alpha value is -3.01. The van der Waals surface area contributed by atoms with Crippen molar-refractivity contribution in [3.63, 3.8) is 0 Å². The van der Waals surface area contributed by atoms with E-state index in [0.29, 0.717) is 32.5 Å². The van der Waals surface area contributed by atoms with Crippen LogP contribution < -0.4 is 19.9 Å². The van der Waals surface area contributed by atoms with Crippen LogP contribution in [-0.2, 0) is 16.0 Å². The number of methoxy groups -OCH3 is 1. The maximum Gasteiger partial charge on any atom is 0.229 e. The first-order valence-electron chi connectivity index (χ1n) is 15.9. The average Bonchev–Trinajstić information content (AvgIpc) is 3.00. The van der Waals surface area contributed by atoms with Crippen LogP contribution in [0.2, 0.25) is 0 Å². The molecule has 1 aliphatic carbocycles. The summed E-state index contributed by atoms with van der Waals surface area (Å²) in [5.41, 5.74) is 3.84. The number of benzene rings is 1. The van der Waals surface area contributed by atoms with Crippen LogP contribution in [-0.4, -0.2) is 79.7 Å². The van der Waals surface area contributed by atoms with E-state index in [0.717, 1.165) is 65.0 Å². The number of pyridine rings is 1. The Morgan fingerprint density at radius 2 is 1.57 bits per heavy atom. The third kappa shape index (κ3) is 6.48. The van der Waals surface area contributed by atoms with E-state index in [1.807, 2.05) is 0 Å². The van der Waals surface area contributed by atoms with Gasteiger partial charge in [-0.15, -0.1) is 0 Å². The van der Waals surface area contributed by atoms with Crippen molar-refractivity contribution in [2.45, 2.75) is 83.5 Å². The van der Waals surface area contributed by atoms with Crippen molar-refractivity contribution < 1.29 is 14.2 Å². The Bertz CT molecular complexity index is 1340. The SMILES string of the molecule is COc1ccc(-c2ccc3c(N4CCOC[C@@H]4C)nc(N4CCOC[C@@H]4C)nc3n2)cc1CNC1CCCCCCC1. The third-order valence-electron chi connectivity index (χ3n) is 9.05. The van der Waals surface area contributed by atoms with Crippen LogP contribution in [0.15, 0.2) is 30.3 Å². The van der Waals surface area contributed by atoms with Crippen molar-refractivity contribution in [3.8, 4) is 17.0 Å². The molecule has 4 heterocycles. The van der Waals surface area contributed by atoms with E-state index in [4.69, 9.17) is 29.2 Å². The lowest BCUT2D eigenvalue weighted by Gasteiger charge is -2.37. The number of anilines is 2. The predicted octanol–water partition coefficient (Wildman–Crippen LogP) is 5.35. The zero-order chi connectivity index (χ0) is 28.9. The molecule has 3 aliphatic rings. The molecule has 2 aromatic heterocycles. The van der Waals surface area contributed by atoms with Gasteiger partial charge in [0.15, 0.2) is 5.65 Å². The second kappa shape index (κ2) is 13.5. The minimum absolute atomic E-state index is 0.198. The normalized spacial score (nSPS) is 22.6. The molecule has 0 amide bonds. The van der Waals surface area contributed by atoms with Gasteiger partial charge in [-0.3, -0.25) is 0 Å². The summed E-state index contributed by atoms with van der Waals surface area (Å²) in [7, 11) is 1.75. The molecule has 9 heteroatoms. The Morgan fingerprint density at radius 3 is 2.29 bits per heavy atom. The number of hydrogen-bond acceptors (Lipinski definition) is 9. The van der Waals surface area contributed by atoms with E-state index in [-0.39, 0.29) is 12.1 Å². The van der Waals surface area contributed by atoms with Crippen molar-refractivity contribution in [1.29, 1.82) is 0 Å². The lowest BCUT2D eigenvalue weighted by atomic mass is 9.96. The molecule has 226 valence electrons. The highest BCUT2D eigenvalue weighted by Crippen LogP contribution is 2.32. The monoisotopic (exact) mass is 574 g/mol. The summed E-state index contributed by atoms with van der Waals surface area (Å²) in [6.45, 7) is 9.41. The summed E-state index contributed by atoms with van der Waals surface area (Å²) in [6, 6.07) is 11.6. The summed E-state index contributed by atoms with van der Waals surface area (Å²) in [5, 5.41) is 4.80. The molecule has 3 fully saturated rings. The molecule has 0 spiro atoms. The highest BCUT2D eigenvalue weighted by atomic mass is 16.5. The molecule has 1 N–H and O–H groups in total. The molecule has 9 nitrogen and oxygen atoms in total. The fraction of sp³-hybridized carbons (Fsp3) is 0.606. The van der Waals surface area contributed by atoms with Crippen molar-refractivity contribution in [2.75, 3.05) is 56.4 Å². The zero-order valence-electron chi connectivity index (χ0n) is 25.5. The summed E-state index contributed by atoms with van der Waals surface area (Å²) in [4.78, 5) is 19.9. The van der Waals surface area contributed by atoms with Crippen LogP contribution in [0.1, 0.15) is 64.4 Å². The molecule has 6 rings (SSSR count). The van der Waals surface area contributed by atoms with Crippen molar-refractivity contribution in [2.24, 2.45) is 0 Å². The van der Waals surface area contributed by atoms with Gasteiger partial charge in [-0.05, 0) is 57.0 Å². The molecular weight excluding hydrogens is 528 g/mol. The molecule has 2 saturated heterocycles. The minimum Gasteiger partial charge on any atom is -0.496 e. The maximum atomic E-state index is 5.76. The van der Waals surface area contributed by atoms with E-state index in [2.05, 4.69) is 59.3 Å². The van der Waals surface area contributed by atoms with Gasteiger partial charge in [0.05, 0.1) is 56.7 Å². The van der Waals surface area contributed by atoms with Gasteiger partial charge in [0.2, 0.25) is 5.95 Å². The summed E-state index contributed by atoms with van der Waals surface area (Å²) in [6.07, 6.45) is 9.22. The Kier molecular flexibility index (Phi) is 9.37. The second-order valence-corrected chi connectivity index (χ2v) is 12.1. The highest BCUT2D eigenvalue weighted by Gasteiger charge is 2.27. The Balaban J connectivity index is 1.34. The molecular formula is C33H46N6O3. The van der Waals surface area contributed by atoms with Crippen LogP contribution in [0.5, 0.6) is 5.75 Å². The number of morpholine rings is 2. The lowest BCUT2D eigenvalue weighted by molar-refractivity contribution is 0.0973. The second-order valence-electron chi connectivity index (χ2n) is 12.1. The fourth-order valence-corrected chi connectivity index (χ4v) is 6.55. The lowest BCUT2D eigenvalue weighted by Crippen LogP contribution is -2.46. The molecule has 0 unspecified atom stereocenters. The van der Waals surface area contributed by atoms with Crippen molar-refractivity contribution in [1.82, 2.24) is 20.3 Å². The van der Waals surface area contributed by atoms with Gasteiger partial charge in [-0.1, -0.05) is 32.1 Å². The summed E-state index contributed by atoms with van der Waals surface area (Å²) in [5.74, 6) is 2.56. The number of rotatable bonds is 7. The number of hydrogen-bond donors (Lipinski definition) is 1. The van der Waals surface area contributed by atoms with Gasteiger partial charge < -0.3 is 29.3 Å². The highest BCUT2D eigenvalue weighted by molar-refractivity contribution is 5.90. The zero-order valence-corrected chi connectivity index (χ0v) is 25.5. The van der Waals surface area contributed by atoms with E-state index >= 15 is 0 Å². The third-order valence-corrected chi connectivity index (χ3v) is 9.05. The molecule has 0 bridgehead atoms. The molecule has 0 radical (unpaired) electrons. The van der Waals surface area contributed by atoms with E-state index in [9.17, 15) is 0 Å². The van der Waals surface area contributed by atoms with Crippen LogP contribution in [0.25, 0.3) is 22.3 Å². The van der Waals surface area contributed by atoms with Gasteiger partial charge in [0.1, 0.15) is 11.6 Å². The first kappa shape index (κ1) is 29.1. The number of nitrogens with one attached hydrogen (secondary N) is 1. The fourth-order valence-electron chi connectivity index (χ4n) is 6.55. The van der Waals surface area contributed by atoms with E-state index in [1.165, 1.54) is 44.9 Å². The molecule has 2 atom stereocenters. The molecule has 1 aromatic carbocycles. The number of ether oxygens (including phenoxy) is 3. The van der Waals surface area contributed by atoms with Crippen LogP contribution >= 0.6 is 0 Å².